The number of rotatable bonds is 2. The maximum atomic E-state index is 11.4. The van der Waals surface area contributed by atoms with Gasteiger partial charge in [-0.05, 0) is 24.1 Å². The Morgan fingerprint density at radius 1 is 1.38 bits per heavy atom. The van der Waals surface area contributed by atoms with Crippen LogP contribution in [-0.2, 0) is 14.3 Å². The molecule has 16 heavy (non-hydrogen) atoms. The minimum absolute atomic E-state index is 0.116. The van der Waals surface area contributed by atoms with Crippen molar-refractivity contribution < 1.29 is 19.1 Å². The molecule has 0 saturated carbocycles. The van der Waals surface area contributed by atoms with E-state index in [9.17, 15) is 9.59 Å². The van der Waals surface area contributed by atoms with Gasteiger partial charge in [0.15, 0.2) is 0 Å². The van der Waals surface area contributed by atoms with E-state index in [0.29, 0.717) is 5.75 Å². The number of benzene rings is 1. The molecule has 4 heteroatoms. The van der Waals surface area contributed by atoms with Gasteiger partial charge in [0.1, 0.15) is 5.75 Å². The third-order valence-corrected chi connectivity index (χ3v) is 2.70. The van der Waals surface area contributed by atoms with Crippen LogP contribution in [0, 0.1) is 6.92 Å². The second-order valence-corrected chi connectivity index (χ2v) is 3.78. The summed E-state index contributed by atoms with van der Waals surface area (Å²) in [6.07, 6.45) is 0.116. The van der Waals surface area contributed by atoms with Gasteiger partial charge in [0.05, 0.1) is 19.4 Å². The predicted octanol–water partition coefficient (Wildman–Crippen LogP) is 1.56. The highest BCUT2D eigenvalue weighted by molar-refractivity contribution is 5.97. The van der Waals surface area contributed by atoms with E-state index in [4.69, 9.17) is 4.74 Å². The number of carbonyl (C=O) groups is 2. The molecule has 0 radical (unpaired) electrons. The number of hydrogen-bond acceptors (Lipinski definition) is 4. The molecular weight excluding hydrogens is 208 g/mol. The molecule has 1 atom stereocenters. The molecule has 1 fully saturated rings. The van der Waals surface area contributed by atoms with Crippen LogP contribution in [0.4, 0.5) is 0 Å². The SMILES string of the molecule is COc1cc(C2CC(=O)OC2=O)ccc1C. The van der Waals surface area contributed by atoms with E-state index in [1.807, 2.05) is 19.1 Å². The van der Waals surface area contributed by atoms with Crippen LogP contribution >= 0.6 is 0 Å². The number of aryl methyl sites for hydroxylation is 1. The van der Waals surface area contributed by atoms with Crippen molar-refractivity contribution in [2.24, 2.45) is 0 Å². The maximum absolute atomic E-state index is 11.4. The van der Waals surface area contributed by atoms with Crippen LogP contribution in [0.1, 0.15) is 23.5 Å². The van der Waals surface area contributed by atoms with Crippen LogP contribution in [0.25, 0.3) is 0 Å². The zero-order chi connectivity index (χ0) is 11.7. The van der Waals surface area contributed by atoms with E-state index in [-0.39, 0.29) is 6.42 Å². The predicted molar refractivity (Wildman–Crippen MR) is 56.2 cm³/mol. The lowest BCUT2D eigenvalue weighted by molar-refractivity contribution is -0.152. The zero-order valence-corrected chi connectivity index (χ0v) is 9.15. The maximum Gasteiger partial charge on any atom is 0.321 e. The summed E-state index contributed by atoms with van der Waals surface area (Å²) < 4.78 is 9.68. The molecule has 0 aliphatic carbocycles. The van der Waals surface area contributed by atoms with Crippen LogP contribution in [0.3, 0.4) is 0 Å². The summed E-state index contributed by atoms with van der Waals surface area (Å²) in [7, 11) is 1.57. The summed E-state index contributed by atoms with van der Waals surface area (Å²) >= 11 is 0. The quantitative estimate of drug-likeness (QED) is 0.560. The lowest BCUT2D eigenvalue weighted by Crippen LogP contribution is -2.06. The highest BCUT2D eigenvalue weighted by Crippen LogP contribution is 2.30. The lowest BCUT2D eigenvalue weighted by Gasteiger charge is -2.09. The Kier molecular flexibility index (Phi) is 2.64. The van der Waals surface area contributed by atoms with Crippen molar-refractivity contribution in [3.8, 4) is 5.75 Å². The van der Waals surface area contributed by atoms with Crippen LogP contribution in [0.15, 0.2) is 18.2 Å². The standard InChI is InChI=1S/C12H12O4/c1-7-3-4-8(5-10(7)15-2)9-6-11(13)16-12(9)14/h3-5,9H,6H2,1-2H3. The molecule has 0 spiro atoms. The highest BCUT2D eigenvalue weighted by Gasteiger charge is 2.34. The number of hydrogen-bond donors (Lipinski definition) is 0. The van der Waals surface area contributed by atoms with E-state index in [1.165, 1.54) is 0 Å². The molecule has 1 aromatic rings. The number of carbonyl (C=O) groups excluding carboxylic acids is 2. The van der Waals surface area contributed by atoms with Gasteiger partial charge in [0.25, 0.3) is 0 Å². The monoisotopic (exact) mass is 220 g/mol. The van der Waals surface area contributed by atoms with Gasteiger partial charge < -0.3 is 9.47 Å². The first-order valence-electron chi connectivity index (χ1n) is 5.01. The van der Waals surface area contributed by atoms with E-state index >= 15 is 0 Å². The molecule has 2 rings (SSSR count). The second kappa shape index (κ2) is 3.96. The summed E-state index contributed by atoms with van der Waals surface area (Å²) in [4.78, 5) is 22.4. The van der Waals surface area contributed by atoms with E-state index in [1.54, 1.807) is 13.2 Å². The Morgan fingerprint density at radius 2 is 2.12 bits per heavy atom. The fourth-order valence-corrected chi connectivity index (χ4v) is 1.78. The smallest absolute Gasteiger partial charge is 0.321 e. The first-order valence-corrected chi connectivity index (χ1v) is 5.01. The zero-order valence-electron chi connectivity index (χ0n) is 9.15. The van der Waals surface area contributed by atoms with Gasteiger partial charge in [0, 0.05) is 0 Å². The molecular formula is C12H12O4. The highest BCUT2D eigenvalue weighted by atomic mass is 16.6. The van der Waals surface area contributed by atoms with Crippen molar-refractivity contribution in [3.63, 3.8) is 0 Å². The van der Waals surface area contributed by atoms with Crippen molar-refractivity contribution in [1.29, 1.82) is 0 Å². The molecule has 1 aliphatic heterocycles. The summed E-state index contributed by atoms with van der Waals surface area (Å²) in [5, 5.41) is 0. The van der Waals surface area contributed by atoms with Gasteiger partial charge in [0.2, 0.25) is 0 Å². The third kappa shape index (κ3) is 1.78. The first-order chi connectivity index (χ1) is 7.61. The molecule has 1 aromatic carbocycles. The molecule has 1 saturated heterocycles. The van der Waals surface area contributed by atoms with Crippen molar-refractivity contribution in [3.05, 3.63) is 29.3 Å². The van der Waals surface area contributed by atoms with Gasteiger partial charge in [-0.15, -0.1) is 0 Å². The lowest BCUT2D eigenvalue weighted by atomic mass is 9.96. The average Bonchev–Trinajstić information content (AvgIpc) is 2.59. The van der Waals surface area contributed by atoms with Gasteiger partial charge in [-0.2, -0.15) is 0 Å². The Bertz CT molecular complexity index is 450. The van der Waals surface area contributed by atoms with Gasteiger partial charge in [-0.3, -0.25) is 9.59 Å². The van der Waals surface area contributed by atoms with Crippen LogP contribution in [-0.4, -0.2) is 19.0 Å². The Balaban J connectivity index is 2.34. The van der Waals surface area contributed by atoms with Gasteiger partial charge in [-0.1, -0.05) is 12.1 Å². The summed E-state index contributed by atoms with van der Waals surface area (Å²) in [5.41, 5.74) is 1.75. The fourth-order valence-electron chi connectivity index (χ4n) is 1.78. The number of cyclic esters (lactones) is 2. The molecule has 0 bridgehead atoms. The molecule has 1 unspecified atom stereocenters. The van der Waals surface area contributed by atoms with Gasteiger partial charge in [-0.25, -0.2) is 0 Å². The van der Waals surface area contributed by atoms with Crippen molar-refractivity contribution in [2.45, 2.75) is 19.3 Å². The largest absolute Gasteiger partial charge is 0.496 e. The molecule has 0 N–H and O–H groups in total. The second-order valence-electron chi connectivity index (χ2n) is 3.78. The summed E-state index contributed by atoms with van der Waals surface area (Å²) in [6, 6.07) is 5.46. The molecule has 4 nitrogen and oxygen atoms in total. The minimum atomic E-state index is -0.484. The Labute approximate surface area is 93.2 Å². The Morgan fingerprint density at radius 3 is 2.69 bits per heavy atom. The normalized spacial score (nSPS) is 19.8. The summed E-state index contributed by atoms with van der Waals surface area (Å²) in [6.45, 7) is 1.92. The summed E-state index contributed by atoms with van der Waals surface area (Å²) in [5.74, 6) is -0.711. The van der Waals surface area contributed by atoms with E-state index in [2.05, 4.69) is 4.74 Å². The van der Waals surface area contributed by atoms with Crippen molar-refractivity contribution in [1.82, 2.24) is 0 Å². The number of esters is 2. The fraction of sp³-hybridized carbons (Fsp3) is 0.333. The van der Waals surface area contributed by atoms with Crippen molar-refractivity contribution in [2.75, 3.05) is 7.11 Å². The first kappa shape index (κ1) is 10.7. The molecule has 84 valence electrons. The average molecular weight is 220 g/mol. The third-order valence-electron chi connectivity index (χ3n) is 2.70. The van der Waals surface area contributed by atoms with Crippen LogP contribution in [0.5, 0.6) is 5.75 Å². The molecule has 1 heterocycles. The van der Waals surface area contributed by atoms with Crippen LogP contribution in [0.2, 0.25) is 0 Å². The van der Waals surface area contributed by atoms with Crippen molar-refractivity contribution >= 4 is 11.9 Å². The minimum Gasteiger partial charge on any atom is -0.496 e. The van der Waals surface area contributed by atoms with E-state index < -0.39 is 17.9 Å². The molecule has 0 amide bonds. The molecule has 1 aliphatic rings. The van der Waals surface area contributed by atoms with Crippen LogP contribution < -0.4 is 4.74 Å². The Hall–Kier alpha value is -1.84. The number of methoxy groups -OCH3 is 1. The van der Waals surface area contributed by atoms with E-state index in [0.717, 1.165) is 11.1 Å². The number of ether oxygens (including phenoxy) is 2. The topological polar surface area (TPSA) is 52.6 Å². The van der Waals surface area contributed by atoms with Gasteiger partial charge >= 0.3 is 11.9 Å². The molecule has 0 aromatic heterocycles.